The number of amides is 1. The summed E-state index contributed by atoms with van der Waals surface area (Å²) in [6.45, 7) is 3.83. The molecular weight excluding hydrogens is 268 g/mol. The minimum absolute atomic E-state index is 0.0220. The molecule has 1 rings (SSSR count). The molecule has 0 bridgehead atoms. The van der Waals surface area contributed by atoms with Crippen LogP contribution in [0.3, 0.4) is 0 Å². The van der Waals surface area contributed by atoms with E-state index in [1.807, 2.05) is 6.92 Å². The second-order valence-corrected chi connectivity index (χ2v) is 5.04. The van der Waals surface area contributed by atoms with Gasteiger partial charge in [-0.05, 0) is 31.5 Å². The number of carbonyl (C=O) groups is 2. The zero-order valence-electron chi connectivity index (χ0n) is 10.9. The first-order valence-electron chi connectivity index (χ1n) is 5.88. The molecule has 1 unspecified atom stereocenters. The molecule has 0 saturated heterocycles. The van der Waals surface area contributed by atoms with Gasteiger partial charge in [-0.25, -0.2) is 4.79 Å². The SMILES string of the molecule is CCC(C)(CN)C(=O)Nc1cc(Cl)cc(C(=O)O)c1. The zero-order valence-corrected chi connectivity index (χ0v) is 11.6. The first-order valence-corrected chi connectivity index (χ1v) is 6.25. The molecule has 1 aromatic carbocycles. The van der Waals surface area contributed by atoms with Gasteiger partial charge in [0.1, 0.15) is 0 Å². The zero-order chi connectivity index (χ0) is 14.6. The molecule has 0 heterocycles. The number of hydrogen-bond acceptors (Lipinski definition) is 3. The van der Waals surface area contributed by atoms with Gasteiger partial charge in [0.05, 0.1) is 11.0 Å². The molecule has 5 nitrogen and oxygen atoms in total. The molecule has 0 aliphatic rings. The molecule has 1 amide bonds. The van der Waals surface area contributed by atoms with Gasteiger partial charge in [-0.2, -0.15) is 0 Å². The van der Waals surface area contributed by atoms with Crippen LogP contribution in [0.1, 0.15) is 30.6 Å². The van der Waals surface area contributed by atoms with Crippen LogP contribution in [0.15, 0.2) is 18.2 Å². The van der Waals surface area contributed by atoms with E-state index in [4.69, 9.17) is 22.4 Å². The number of rotatable bonds is 5. The standard InChI is InChI=1S/C13H17ClN2O3/c1-3-13(2,7-15)12(19)16-10-5-8(11(17)18)4-9(14)6-10/h4-6H,3,7,15H2,1-2H3,(H,16,19)(H,17,18). The highest BCUT2D eigenvalue weighted by molar-refractivity contribution is 6.31. The molecule has 1 atom stereocenters. The maximum Gasteiger partial charge on any atom is 0.335 e. The van der Waals surface area contributed by atoms with Crippen molar-refractivity contribution in [2.45, 2.75) is 20.3 Å². The van der Waals surface area contributed by atoms with E-state index in [0.29, 0.717) is 12.1 Å². The lowest BCUT2D eigenvalue weighted by Gasteiger charge is -2.25. The topological polar surface area (TPSA) is 92.4 Å². The predicted molar refractivity (Wildman–Crippen MR) is 74.5 cm³/mol. The Balaban J connectivity index is 3.00. The lowest BCUT2D eigenvalue weighted by molar-refractivity contribution is -0.124. The predicted octanol–water partition coefficient (Wildman–Crippen LogP) is 2.35. The summed E-state index contributed by atoms with van der Waals surface area (Å²) in [6.07, 6.45) is 0.585. The number of halogens is 1. The van der Waals surface area contributed by atoms with E-state index >= 15 is 0 Å². The van der Waals surface area contributed by atoms with E-state index in [0.717, 1.165) is 0 Å². The molecule has 0 aliphatic carbocycles. The first kappa shape index (κ1) is 15.5. The van der Waals surface area contributed by atoms with Crippen LogP contribution in [0.2, 0.25) is 5.02 Å². The monoisotopic (exact) mass is 284 g/mol. The minimum atomic E-state index is -1.10. The Hall–Kier alpha value is -1.59. The van der Waals surface area contributed by atoms with E-state index in [1.165, 1.54) is 18.2 Å². The number of nitrogens with two attached hydrogens (primary N) is 1. The van der Waals surface area contributed by atoms with Crippen LogP contribution in [-0.4, -0.2) is 23.5 Å². The molecular formula is C13H17ClN2O3. The Morgan fingerprint density at radius 2 is 2.05 bits per heavy atom. The lowest BCUT2D eigenvalue weighted by Crippen LogP contribution is -2.39. The Kier molecular flexibility index (Phi) is 4.91. The van der Waals surface area contributed by atoms with Gasteiger partial charge in [0.25, 0.3) is 0 Å². The molecule has 0 fully saturated rings. The number of carboxylic acids is 1. The van der Waals surface area contributed by atoms with Crippen molar-refractivity contribution in [1.29, 1.82) is 0 Å². The molecule has 19 heavy (non-hydrogen) atoms. The second-order valence-electron chi connectivity index (χ2n) is 4.61. The van der Waals surface area contributed by atoms with Crippen molar-refractivity contribution in [3.05, 3.63) is 28.8 Å². The van der Waals surface area contributed by atoms with Crippen LogP contribution in [-0.2, 0) is 4.79 Å². The van der Waals surface area contributed by atoms with Crippen molar-refractivity contribution < 1.29 is 14.7 Å². The summed E-state index contributed by atoms with van der Waals surface area (Å²) in [6, 6.07) is 4.18. The summed E-state index contributed by atoms with van der Waals surface area (Å²) in [4.78, 5) is 23.0. The summed E-state index contributed by atoms with van der Waals surface area (Å²) in [5.41, 5.74) is 5.28. The smallest absolute Gasteiger partial charge is 0.335 e. The summed E-state index contributed by atoms with van der Waals surface area (Å²) in [7, 11) is 0. The second kappa shape index (κ2) is 6.04. The van der Waals surface area contributed by atoms with Crippen molar-refractivity contribution >= 4 is 29.2 Å². The number of carboxylic acid groups (broad SMARTS) is 1. The quantitative estimate of drug-likeness (QED) is 0.774. The van der Waals surface area contributed by atoms with Crippen LogP contribution in [0.25, 0.3) is 0 Å². The highest BCUT2D eigenvalue weighted by Crippen LogP contribution is 2.24. The normalized spacial score (nSPS) is 13.7. The maximum absolute atomic E-state index is 12.1. The molecule has 104 valence electrons. The summed E-state index contributed by atoms with van der Waals surface area (Å²) in [5.74, 6) is -1.36. The fraction of sp³-hybridized carbons (Fsp3) is 0.385. The van der Waals surface area contributed by atoms with Gasteiger partial charge >= 0.3 is 5.97 Å². The van der Waals surface area contributed by atoms with Crippen LogP contribution in [0, 0.1) is 5.41 Å². The minimum Gasteiger partial charge on any atom is -0.478 e. The van der Waals surface area contributed by atoms with Crippen molar-refractivity contribution in [3.8, 4) is 0 Å². The molecule has 0 aliphatic heterocycles. The Labute approximate surface area is 116 Å². The maximum atomic E-state index is 12.1. The average molecular weight is 285 g/mol. The van der Waals surface area contributed by atoms with Crippen molar-refractivity contribution in [2.75, 3.05) is 11.9 Å². The highest BCUT2D eigenvalue weighted by atomic mass is 35.5. The van der Waals surface area contributed by atoms with Crippen LogP contribution in [0.4, 0.5) is 5.69 Å². The molecule has 1 aromatic rings. The summed E-state index contributed by atoms with van der Waals surface area (Å²) >= 11 is 5.82. The largest absolute Gasteiger partial charge is 0.478 e. The lowest BCUT2D eigenvalue weighted by atomic mass is 9.86. The van der Waals surface area contributed by atoms with Gasteiger partial charge in [-0.1, -0.05) is 18.5 Å². The number of carbonyl (C=O) groups excluding carboxylic acids is 1. The van der Waals surface area contributed by atoms with Crippen LogP contribution < -0.4 is 11.1 Å². The van der Waals surface area contributed by atoms with Gasteiger partial charge < -0.3 is 16.2 Å². The molecule has 0 radical (unpaired) electrons. The number of hydrogen-bond donors (Lipinski definition) is 3. The van der Waals surface area contributed by atoms with Crippen molar-refractivity contribution in [3.63, 3.8) is 0 Å². The third-order valence-electron chi connectivity index (χ3n) is 3.18. The fourth-order valence-corrected chi connectivity index (χ4v) is 1.70. The number of benzene rings is 1. The Morgan fingerprint density at radius 3 is 2.53 bits per heavy atom. The molecule has 4 N–H and O–H groups in total. The molecule has 0 saturated carbocycles. The Morgan fingerprint density at radius 1 is 1.42 bits per heavy atom. The average Bonchev–Trinajstić information content (AvgIpc) is 2.36. The van der Waals surface area contributed by atoms with E-state index in [2.05, 4.69) is 5.32 Å². The van der Waals surface area contributed by atoms with E-state index in [-0.39, 0.29) is 23.0 Å². The van der Waals surface area contributed by atoms with Gasteiger partial charge in [-0.15, -0.1) is 0 Å². The third-order valence-corrected chi connectivity index (χ3v) is 3.40. The third kappa shape index (κ3) is 3.68. The number of nitrogens with one attached hydrogen (secondary N) is 1. The Bertz CT molecular complexity index is 499. The van der Waals surface area contributed by atoms with Crippen LogP contribution in [0.5, 0.6) is 0 Å². The summed E-state index contributed by atoms with van der Waals surface area (Å²) in [5, 5.41) is 11.8. The van der Waals surface area contributed by atoms with Crippen molar-refractivity contribution in [1.82, 2.24) is 0 Å². The van der Waals surface area contributed by atoms with E-state index in [1.54, 1.807) is 6.92 Å². The fourth-order valence-electron chi connectivity index (χ4n) is 1.46. The van der Waals surface area contributed by atoms with Crippen molar-refractivity contribution in [2.24, 2.45) is 11.1 Å². The molecule has 0 aromatic heterocycles. The number of aromatic carboxylic acids is 1. The van der Waals surface area contributed by atoms with Gasteiger partial charge in [0, 0.05) is 17.3 Å². The van der Waals surface area contributed by atoms with E-state index in [9.17, 15) is 9.59 Å². The van der Waals surface area contributed by atoms with Gasteiger partial charge in [0.2, 0.25) is 5.91 Å². The molecule has 0 spiro atoms. The first-order chi connectivity index (χ1) is 8.82. The molecule has 6 heteroatoms. The summed E-state index contributed by atoms with van der Waals surface area (Å²) < 4.78 is 0. The van der Waals surface area contributed by atoms with Gasteiger partial charge in [-0.3, -0.25) is 4.79 Å². The van der Waals surface area contributed by atoms with Crippen LogP contribution >= 0.6 is 11.6 Å². The highest BCUT2D eigenvalue weighted by Gasteiger charge is 2.29. The number of anilines is 1. The van der Waals surface area contributed by atoms with Gasteiger partial charge in [0.15, 0.2) is 0 Å². The van der Waals surface area contributed by atoms with E-state index < -0.39 is 11.4 Å².